The molecule has 144 valence electrons. The monoisotopic (exact) mass is 377 g/mol. The summed E-state index contributed by atoms with van der Waals surface area (Å²) in [6.07, 6.45) is 3.28. The molecule has 0 saturated carbocycles. The van der Waals surface area contributed by atoms with E-state index in [1.54, 1.807) is 11.3 Å². The van der Waals surface area contributed by atoms with Gasteiger partial charge < -0.3 is 20.3 Å². The fourth-order valence-electron chi connectivity index (χ4n) is 3.38. The number of rotatable bonds is 8. The smallest absolute Gasteiger partial charge is 0.141 e. The lowest BCUT2D eigenvalue weighted by molar-refractivity contribution is 0.115. The lowest BCUT2D eigenvalue weighted by atomic mass is 10.1. The van der Waals surface area contributed by atoms with Crippen LogP contribution < -0.4 is 10.6 Å². The summed E-state index contributed by atoms with van der Waals surface area (Å²) in [4.78, 5) is 16.7. The van der Waals surface area contributed by atoms with Crippen LogP contribution in [0.5, 0.6) is 0 Å². The van der Waals surface area contributed by atoms with Gasteiger partial charge in [-0.15, -0.1) is 11.3 Å². The summed E-state index contributed by atoms with van der Waals surface area (Å²) in [6, 6.07) is 0. The van der Waals surface area contributed by atoms with Crippen molar-refractivity contribution in [2.24, 2.45) is 5.73 Å². The molecular weight excluding hydrogens is 346 g/mol. The number of aryl methyl sites for hydroxylation is 2. The lowest BCUT2D eigenvalue weighted by Crippen LogP contribution is -2.38. The third kappa shape index (κ3) is 4.34. The Morgan fingerprint density at radius 3 is 2.69 bits per heavy atom. The predicted molar refractivity (Wildman–Crippen MR) is 109 cm³/mol. The number of nitrogens with zero attached hydrogens (tertiary/aromatic N) is 4. The first-order valence-electron chi connectivity index (χ1n) is 9.47. The molecule has 6 nitrogen and oxygen atoms in total. The molecule has 0 bridgehead atoms. The van der Waals surface area contributed by atoms with Crippen molar-refractivity contribution in [2.75, 3.05) is 51.8 Å². The SMILES string of the molecule is Cc1sc2nc(CCN)nc(N(CCN(C)C)C[C@@H]3CCCO3)c2c1C. The van der Waals surface area contributed by atoms with E-state index in [-0.39, 0.29) is 0 Å². The van der Waals surface area contributed by atoms with Crippen LogP contribution in [0.4, 0.5) is 5.82 Å². The van der Waals surface area contributed by atoms with E-state index in [9.17, 15) is 0 Å². The molecule has 0 aliphatic carbocycles. The van der Waals surface area contributed by atoms with Crippen molar-refractivity contribution < 1.29 is 4.74 Å². The Morgan fingerprint density at radius 1 is 1.23 bits per heavy atom. The van der Waals surface area contributed by atoms with Crippen LogP contribution in [-0.2, 0) is 11.2 Å². The van der Waals surface area contributed by atoms with E-state index < -0.39 is 0 Å². The molecule has 0 amide bonds. The molecule has 0 aromatic carbocycles. The minimum atomic E-state index is 0.292. The zero-order valence-electron chi connectivity index (χ0n) is 16.4. The molecule has 1 saturated heterocycles. The molecule has 0 unspecified atom stereocenters. The van der Waals surface area contributed by atoms with E-state index in [1.165, 1.54) is 15.8 Å². The summed E-state index contributed by atoms with van der Waals surface area (Å²) in [5.74, 6) is 1.90. The quantitative estimate of drug-likeness (QED) is 0.762. The summed E-state index contributed by atoms with van der Waals surface area (Å²) in [6.45, 7) is 8.58. The maximum Gasteiger partial charge on any atom is 0.141 e. The first-order valence-corrected chi connectivity index (χ1v) is 10.3. The number of ether oxygens (including phenoxy) is 1. The van der Waals surface area contributed by atoms with Gasteiger partial charge in [-0.1, -0.05) is 0 Å². The Balaban J connectivity index is 2.02. The highest BCUT2D eigenvalue weighted by atomic mass is 32.1. The van der Waals surface area contributed by atoms with E-state index in [2.05, 4.69) is 37.7 Å². The van der Waals surface area contributed by atoms with Crippen molar-refractivity contribution in [3.63, 3.8) is 0 Å². The van der Waals surface area contributed by atoms with Crippen LogP contribution >= 0.6 is 11.3 Å². The standard InChI is InChI=1S/C19H31N5OS/c1-13-14(2)26-19-17(13)18(21-16(22-19)7-8-20)24(10-9-23(3)4)12-15-6-5-11-25-15/h15H,5-12,20H2,1-4H3/t15-/m0/s1. The Morgan fingerprint density at radius 2 is 2.04 bits per heavy atom. The predicted octanol–water partition coefficient (Wildman–Crippen LogP) is 2.36. The van der Waals surface area contributed by atoms with Gasteiger partial charge in [-0.3, -0.25) is 0 Å². The van der Waals surface area contributed by atoms with Gasteiger partial charge in [-0.2, -0.15) is 0 Å². The van der Waals surface area contributed by atoms with Crippen LogP contribution in [0.1, 0.15) is 29.1 Å². The highest BCUT2D eigenvalue weighted by Crippen LogP contribution is 2.35. The molecule has 3 rings (SSSR count). The number of anilines is 1. The maximum atomic E-state index is 5.92. The molecule has 1 aliphatic heterocycles. The van der Waals surface area contributed by atoms with Crippen molar-refractivity contribution in [3.8, 4) is 0 Å². The molecule has 1 atom stereocenters. The minimum absolute atomic E-state index is 0.292. The van der Waals surface area contributed by atoms with Gasteiger partial charge in [0.1, 0.15) is 16.5 Å². The topological polar surface area (TPSA) is 67.5 Å². The van der Waals surface area contributed by atoms with Crippen molar-refractivity contribution >= 4 is 27.4 Å². The number of thiophene rings is 1. The molecule has 1 aliphatic rings. The second kappa shape index (κ2) is 8.61. The third-order valence-electron chi connectivity index (χ3n) is 4.99. The fraction of sp³-hybridized carbons (Fsp3) is 0.684. The van der Waals surface area contributed by atoms with E-state index >= 15 is 0 Å². The molecule has 2 aromatic rings. The summed E-state index contributed by atoms with van der Waals surface area (Å²) < 4.78 is 5.92. The number of hydrogen-bond donors (Lipinski definition) is 1. The summed E-state index contributed by atoms with van der Waals surface area (Å²) in [5, 5.41) is 1.20. The second-order valence-corrected chi connectivity index (χ2v) is 8.55. The molecule has 0 radical (unpaired) electrons. The van der Waals surface area contributed by atoms with Crippen molar-refractivity contribution in [3.05, 3.63) is 16.3 Å². The highest BCUT2D eigenvalue weighted by Gasteiger charge is 2.24. The molecule has 3 heterocycles. The average Bonchev–Trinajstić information content (AvgIpc) is 3.20. The summed E-state index contributed by atoms with van der Waals surface area (Å²) >= 11 is 1.76. The molecule has 0 spiro atoms. The van der Waals surface area contributed by atoms with Crippen molar-refractivity contribution in [1.82, 2.24) is 14.9 Å². The van der Waals surface area contributed by atoms with Crippen LogP contribution in [0, 0.1) is 13.8 Å². The number of fused-ring (bicyclic) bond motifs is 1. The van der Waals surface area contributed by atoms with E-state index in [0.29, 0.717) is 19.1 Å². The third-order valence-corrected chi connectivity index (χ3v) is 6.09. The number of likely N-dealkylation sites (N-methyl/N-ethyl adjacent to an activating group) is 1. The molecule has 26 heavy (non-hydrogen) atoms. The largest absolute Gasteiger partial charge is 0.376 e. The van der Waals surface area contributed by atoms with Gasteiger partial charge in [-0.25, -0.2) is 9.97 Å². The number of aromatic nitrogens is 2. The van der Waals surface area contributed by atoms with Crippen molar-refractivity contribution in [1.29, 1.82) is 0 Å². The molecule has 2 N–H and O–H groups in total. The van der Waals surface area contributed by atoms with E-state index in [4.69, 9.17) is 20.4 Å². The van der Waals surface area contributed by atoms with Gasteiger partial charge in [0, 0.05) is 37.5 Å². The van der Waals surface area contributed by atoms with Gasteiger partial charge in [0.2, 0.25) is 0 Å². The highest BCUT2D eigenvalue weighted by molar-refractivity contribution is 7.18. The molecular formula is C19H31N5OS. The first-order chi connectivity index (χ1) is 12.5. The Kier molecular flexibility index (Phi) is 6.45. The zero-order valence-corrected chi connectivity index (χ0v) is 17.2. The van der Waals surface area contributed by atoms with Gasteiger partial charge in [0.15, 0.2) is 0 Å². The first kappa shape index (κ1) is 19.5. The number of nitrogens with two attached hydrogens (primary N) is 1. The van der Waals surface area contributed by atoms with E-state index in [0.717, 1.165) is 55.6 Å². The Bertz CT molecular complexity index is 739. The zero-order chi connectivity index (χ0) is 18.7. The maximum absolute atomic E-state index is 5.92. The normalized spacial score (nSPS) is 17.5. The van der Waals surface area contributed by atoms with Crippen LogP contribution in [0.3, 0.4) is 0 Å². The second-order valence-electron chi connectivity index (χ2n) is 7.35. The van der Waals surface area contributed by atoms with E-state index in [1.807, 2.05) is 0 Å². The van der Waals surface area contributed by atoms with Gasteiger partial charge in [-0.05, 0) is 52.9 Å². The molecule has 7 heteroatoms. The molecule has 1 fully saturated rings. The van der Waals surface area contributed by atoms with Gasteiger partial charge in [0.25, 0.3) is 0 Å². The minimum Gasteiger partial charge on any atom is -0.376 e. The fourth-order valence-corrected chi connectivity index (χ4v) is 4.42. The molecule has 2 aromatic heterocycles. The van der Waals surface area contributed by atoms with Gasteiger partial charge in [0.05, 0.1) is 11.5 Å². The van der Waals surface area contributed by atoms with Crippen molar-refractivity contribution in [2.45, 2.75) is 39.2 Å². The lowest BCUT2D eigenvalue weighted by Gasteiger charge is -2.28. The van der Waals surface area contributed by atoms with Crippen LogP contribution in [0.2, 0.25) is 0 Å². The van der Waals surface area contributed by atoms with Crippen LogP contribution in [0.25, 0.3) is 10.2 Å². The summed E-state index contributed by atoms with van der Waals surface area (Å²) in [7, 11) is 4.22. The van der Waals surface area contributed by atoms with Crippen LogP contribution in [-0.4, -0.2) is 67.9 Å². The Hall–Kier alpha value is -1.28. The summed E-state index contributed by atoms with van der Waals surface area (Å²) in [5.41, 5.74) is 7.07. The average molecular weight is 378 g/mol. The van der Waals surface area contributed by atoms with Crippen LogP contribution in [0.15, 0.2) is 0 Å². The number of hydrogen-bond acceptors (Lipinski definition) is 7. The Labute approximate surface area is 160 Å². The van der Waals surface area contributed by atoms with Gasteiger partial charge >= 0.3 is 0 Å².